The molecule has 0 saturated heterocycles. The van der Waals surface area contributed by atoms with Gasteiger partial charge in [0.1, 0.15) is 18.5 Å². The molecule has 0 fully saturated rings. The Hall–Kier alpha value is -3.39. The van der Waals surface area contributed by atoms with E-state index in [1.807, 2.05) is 0 Å². The summed E-state index contributed by atoms with van der Waals surface area (Å²) < 4.78 is 9.27. The molecule has 0 N–H and O–H groups in total. The summed E-state index contributed by atoms with van der Waals surface area (Å²) in [6.45, 7) is 16.1. The zero-order valence-corrected chi connectivity index (χ0v) is 23.5. The molecule has 37 heavy (non-hydrogen) atoms. The van der Waals surface area contributed by atoms with Gasteiger partial charge >= 0.3 is 0 Å². The van der Waals surface area contributed by atoms with Gasteiger partial charge in [0.15, 0.2) is 6.20 Å². The number of aromatic nitrogens is 1. The van der Waals surface area contributed by atoms with Crippen molar-refractivity contribution >= 4 is 32.3 Å². The molecule has 0 saturated carbocycles. The number of aryl methyl sites for hydroxylation is 3. The van der Waals surface area contributed by atoms with Crippen molar-refractivity contribution in [2.75, 3.05) is 0 Å². The fourth-order valence-electron chi connectivity index (χ4n) is 6.46. The number of nitrogens with zero attached hydrogens (tertiary/aromatic N) is 1. The van der Waals surface area contributed by atoms with Crippen LogP contribution in [-0.4, -0.2) is 0 Å². The van der Waals surface area contributed by atoms with Crippen LogP contribution >= 0.6 is 0 Å². The lowest BCUT2D eigenvalue weighted by molar-refractivity contribution is -0.659. The van der Waals surface area contributed by atoms with Crippen molar-refractivity contribution in [1.29, 1.82) is 0 Å². The molecule has 0 amide bonds. The van der Waals surface area contributed by atoms with E-state index in [9.17, 15) is 0 Å². The highest BCUT2D eigenvalue weighted by Gasteiger charge is 2.33. The van der Waals surface area contributed by atoms with Crippen molar-refractivity contribution in [1.82, 2.24) is 0 Å². The van der Waals surface area contributed by atoms with E-state index in [2.05, 4.69) is 115 Å². The largest absolute Gasteiger partial charge is 0.455 e. The molecular formula is C35H38NO+. The Morgan fingerprint density at radius 2 is 1.68 bits per heavy atom. The van der Waals surface area contributed by atoms with E-state index in [-0.39, 0.29) is 5.41 Å². The minimum Gasteiger partial charge on any atom is -0.455 e. The highest BCUT2D eigenvalue weighted by Crippen LogP contribution is 2.52. The quantitative estimate of drug-likeness (QED) is 0.179. The van der Waals surface area contributed by atoms with Crippen LogP contribution in [0.3, 0.4) is 0 Å². The van der Waals surface area contributed by atoms with Gasteiger partial charge in [-0.15, -0.1) is 0 Å². The van der Waals surface area contributed by atoms with Crippen LogP contribution in [0.2, 0.25) is 0 Å². The average molecular weight is 489 g/mol. The third-order valence-corrected chi connectivity index (χ3v) is 7.92. The first-order chi connectivity index (χ1) is 17.5. The smallest absolute Gasteiger partial charge is 0.228 e. The van der Waals surface area contributed by atoms with Crippen LogP contribution in [-0.2, 0) is 19.9 Å². The highest BCUT2D eigenvalue weighted by atomic mass is 16.5. The van der Waals surface area contributed by atoms with Gasteiger partial charge in [-0.05, 0) is 82.3 Å². The molecule has 0 spiro atoms. The van der Waals surface area contributed by atoms with E-state index >= 15 is 0 Å². The summed E-state index contributed by atoms with van der Waals surface area (Å²) in [5, 5.41) is 7.75. The number of pyridine rings is 1. The molecule has 4 aromatic carbocycles. The summed E-state index contributed by atoms with van der Waals surface area (Å²) in [5.41, 5.74) is 8.12. The number of ether oxygens (including phenoxy) is 1. The van der Waals surface area contributed by atoms with Crippen molar-refractivity contribution in [3.63, 3.8) is 0 Å². The molecule has 1 aromatic heterocycles. The van der Waals surface area contributed by atoms with E-state index < -0.39 is 0 Å². The van der Waals surface area contributed by atoms with Gasteiger partial charge in [0.25, 0.3) is 0 Å². The summed E-state index contributed by atoms with van der Waals surface area (Å²) >= 11 is 0. The molecule has 0 radical (unpaired) electrons. The summed E-state index contributed by atoms with van der Waals surface area (Å²) in [4.78, 5) is 0. The second kappa shape index (κ2) is 8.31. The predicted molar refractivity (Wildman–Crippen MR) is 157 cm³/mol. The van der Waals surface area contributed by atoms with Crippen LogP contribution in [0.15, 0.2) is 54.7 Å². The Bertz CT molecular complexity index is 1730. The number of benzene rings is 4. The lowest BCUT2D eigenvalue weighted by Crippen LogP contribution is -2.32. The second-order valence-corrected chi connectivity index (χ2v) is 12.7. The molecule has 188 valence electrons. The van der Waals surface area contributed by atoms with E-state index in [1.165, 1.54) is 65.8 Å². The zero-order valence-electron chi connectivity index (χ0n) is 23.5. The molecule has 0 unspecified atom stereocenters. The fraction of sp³-hybridized carbons (Fsp3) is 0.343. The summed E-state index contributed by atoms with van der Waals surface area (Å²) in [7, 11) is 2.18. The summed E-state index contributed by atoms with van der Waals surface area (Å²) in [6.07, 6.45) is 4.27. The molecule has 0 bridgehead atoms. The van der Waals surface area contributed by atoms with Gasteiger partial charge in [-0.1, -0.05) is 71.0 Å². The number of hydrogen-bond donors (Lipinski definition) is 0. The normalized spacial score (nSPS) is 13.0. The Labute approximate surface area is 220 Å². The molecule has 0 atom stereocenters. The van der Waals surface area contributed by atoms with Crippen molar-refractivity contribution in [2.45, 2.75) is 61.3 Å². The van der Waals surface area contributed by atoms with Gasteiger partial charge in [0.05, 0.1) is 10.9 Å². The maximum atomic E-state index is 6.97. The van der Waals surface area contributed by atoms with Gasteiger partial charge in [-0.3, -0.25) is 0 Å². The minimum absolute atomic E-state index is 0.246. The fourth-order valence-corrected chi connectivity index (χ4v) is 6.46. The molecule has 5 aromatic rings. The van der Waals surface area contributed by atoms with Crippen LogP contribution in [0.4, 0.5) is 0 Å². The lowest BCUT2D eigenvalue weighted by atomic mass is 9.83. The van der Waals surface area contributed by atoms with Gasteiger partial charge in [-0.25, -0.2) is 4.57 Å². The summed E-state index contributed by atoms with van der Waals surface area (Å²) in [5.74, 6) is 2.54. The van der Waals surface area contributed by atoms with Crippen LogP contribution in [0.25, 0.3) is 43.6 Å². The topological polar surface area (TPSA) is 13.1 Å². The highest BCUT2D eigenvalue weighted by molar-refractivity contribution is 6.17. The molecule has 2 heteroatoms. The molecule has 0 aliphatic carbocycles. The zero-order chi connectivity index (χ0) is 26.2. The molecule has 1 aliphatic rings. The van der Waals surface area contributed by atoms with Crippen LogP contribution in [0.5, 0.6) is 11.5 Å². The molecular weight excluding hydrogens is 450 g/mol. The van der Waals surface area contributed by atoms with Crippen molar-refractivity contribution in [3.8, 4) is 22.8 Å². The van der Waals surface area contributed by atoms with Crippen LogP contribution in [0.1, 0.15) is 56.9 Å². The Kier molecular flexibility index (Phi) is 5.39. The molecule has 1 aliphatic heterocycles. The maximum absolute atomic E-state index is 6.97. The summed E-state index contributed by atoms with van der Waals surface area (Å²) in [6, 6.07) is 18.2. The Morgan fingerprint density at radius 3 is 2.41 bits per heavy atom. The molecule has 2 heterocycles. The number of fused-ring (bicyclic) bond motifs is 5. The Morgan fingerprint density at radius 1 is 0.892 bits per heavy atom. The van der Waals surface area contributed by atoms with Gasteiger partial charge in [-0.2, -0.15) is 0 Å². The van der Waals surface area contributed by atoms with E-state index in [0.29, 0.717) is 5.92 Å². The van der Waals surface area contributed by atoms with Crippen molar-refractivity contribution in [2.24, 2.45) is 18.4 Å². The first-order valence-electron chi connectivity index (χ1n) is 13.6. The maximum Gasteiger partial charge on any atom is 0.228 e. The van der Waals surface area contributed by atoms with Gasteiger partial charge in [0.2, 0.25) is 5.69 Å². The van der Waals surface area contributed by atoms with Gasteiger partial charge < -0.3 is 4.74 Å². The van der Waals surface area contributed by atoms with E-state index in [4.69, 9.17) is 4.74 Å². The molecule has 2 nitrogen and oxygen atoms in total. The Balaban J connectivity index is 1.76. The van der Waals surface area contributed by atoms with Crippen LogP contribution < -0.4 is 9.30 Å². The van der Waals surface area contributed by atoms with E-state index in [0.717, 1.165) is 24.3 Å². The second-order valence-electron chi connectivity index (χ2n) is 12.7. The average Bonchev–Trinajstić information content (AvgIpc) is 2.82. The number of hydrogen-bond acceptors (Lipinski definition) is 1. The number of rotatable bonds is 3. The van der Waals surface area contributed by atoms with Crippen molar-refractivity contribution < 1.29 is 9.30 Å². The first-order valence-corrected chi connectivity index (χ1v) is 13.6. The van der Waals surface area contributed by atoms with E-state index in [1.54, 1.807) is 0 Å². The van der Waals surface area contributed by atoms with Crippen LogP contribution in [0, 0.1) is 25.2 Å². The SMILES string of the molecule is Cc1c2c(c(CC(C)C)c3ccc(CC(C)(C)C)cc13)Oc1cc3cccc(C)c3c3cc[n+](C)c-2c13. The molecule has 6 rings (SSSR count). The minimum atomic E-state index is 0.246. The standard InChI is InChI=1S/C35H38NO/c1-20(2)16-28-25-13-12-23(19-35(5,6)7)17-27(25)22(4)31-33-32-26(14-15-36(33)8)30-21(3)10-9-11-24(30)18-29(32)37-34(28)31/h9-15,17-18,20H,16,19H2,1-8H3/q+1. The van der Waals surface area contributed by atoms with Crippen molar-refractivity contribution in [3.05, 3.63) is 77.0 Å². The third kappa shape index (κ3) is 3.81. The predicted octanol–water partition coefficient (Wildman–Crippen LogP) is 9.15. The lowest BCUT2D eigenvalue weighted by Gasteiger charge is -2.27. The monoisotopic (exact) mass is 488 g/mol. The first kappa shape index (κ1) is 24.0. The third-order valence-electron chi connectivity index (χ3n) is 7.92. The van der Waals surface area contributed by atoms with Gasteiger partial charge in [0, 0.05) is 17.0 Å².